The van der Waals surface area contributed by atoms with Crippen LogP contribution in [0.3, 0.4) is 0 Å². The molecular formula is C33H44I2N6. The van der Waals surface area contributed by atoms with Gasteiger partial charge in [-0.05, 0) is 62.1 Å². The molecule has 3 aromatic rings. The van der Waals surface area contributed by atoms with Gasteiger partial charge in [-0.15, -0.1) is 0 Å². The Hall–Kier alpha value is -2.15. The lowest BCUT2D eigenvalue weighted by atomic mass is 9.71. The smallest absolute Gasteiger partial charge is 0.0993 e. The van der Waals surface area contributed by atoms with Gasteiger partial charge < -0.3 is 5.73 Å². The first-order valence-electron chi connectivity index (χ1n) is 14.5. The Morgan fingerprint density at radius 3 is 1.61 bits per heavy atom. The van der Waals surface area contributed by atoms with E-state index in [0.717, 1.165) is 43.6 Å². The van der Waals surface area contributed by atoms with Crippen LogP contribution >= 0.6 is 37.2 Å². The second-order valence-corrected chi connectivity index (χ2v) is 9.89. The summed E-state index contributed by atoms with van der Waals surface area (Å²) in [5.74, 6) is 0. The largest absolute Gasteiger partial charge is 0.330 e. The SMILES string of the molecule is CC.II.N#CC1(c2ccccn2)CCCCC1.N#CCc1ccccn1.NCC1(c2ccccn2)CCCCC1. The first-order chi connectivity index (χ1) is 20.2. The van der Waals surface area contributed by atoms with Gasteiger partial charge in [-0.2, -0.15) is 10.5 Å². The van der Waals surface area contributed by atoms with Gasteiger partial charge in [0.2, 0.25) is 0 Å². The molecule has 2 aliphatic rings. The minimum atomic E-state index is -0.292. The normalized spacial score (nSPS) is 16.0. The van der Waals surface area contributed by atoms with Crippen LogP contribution in [0.15, 0.2) is 73.2 Å². The molecule has 3 heterocycles. The van der Waals surface area contributed by atoms with Gasteiger partial charge in [-0.3, -0.25) is 15.0 Å². The molecule has 2 fully saturated rings. The zero-order chi connectivity index (χ0) is 30.2. The Balaban J connectivity index is 0.000000296. The van der Waals surface area contributed by atoms with E-state index in [9.17, 15) is 5.26 Å². The minimum absolute atomic E-state index is 0.180. The molecule has 0 aliphatic heterocycles. The molecule has 0 spiro atoms. The van der Waals surface area contributed by atoms with Crippen molar-refractivity contribution in [2.45, 2.75) is 95.3 Å². The summed E-state index contributed by atoms with van der Waals surface area (Å²) in [6.45, 7) is 4.74. The van der Waals surface area contributed by atoms with Gasteiger partial charge in [0.1, 0.15) is 0 Å². The number of aromatic nitrogens is 3. The van der Waals surface area contributed by atoms with Crippen LogP contribution in [0.2, 0.25) is 0 Å². The summed E-state index contributed by atoms with van der Waals surface area (Å²) in [6, 6.07) is 22.0. The first kappa shape index (κ1) is 36.9. The van der Waals surface area contributed by atoms with Crippen molar-refractivity contribution in [3.05, 3.63) is 90.3 Å². The number of hydrogen-bond acceptors (Lipinski definition) is 6. The third kappa shape index (κ3) is 12.3. The highest BCUT2D eigenvalue weighted by Crippen LogP contribution is 2.38. The van der Waals surface area contributed by atoms with Crippen LogP contribution in [-0.2, 0) is 17.3 Å². The maximum absolute atomic E-state index is 9.30. The standard InChI is InChI=1S/C12H18N2.C12H14N2.C7H6N2.C2H6.I2/c2*13-10-12(7-3-1-4-8-12)11-6-2-5-9-14-11;8-5-4-7-3-1-2-6-9-7;2*1-2/h2,5-6,9H,1,3-4,7-8,10,13H2;2,5-6,9H,1,3-4,7-8H2;1-3,6H,4H2;1-2H3;. The zero-order valence-corrected chi connectivity index (χ0v) is 28.8. The van der Waals surface area contributed by atoms with E-state index in [0.29, 0.717) is 6.42 Å². The van der Waals surface area contributed by atoms with Crippen LogP contribution in [0, 0.1) is 22.7 Å². The Labute approximate surface area is 270 Å². The molecule has 8 heteroatoms. The number of nitrogens with two attached hydrogens (primary N) is 1. The van der Waals surface area contributed by atoms with Crippen LogP contribution in [0.5, 0.6) is 0 Å². The summed E-state index contributed by atoms with van der Waals surface area (Å²) in [5.41, 5.74) is 8.81. The molecule has 6 nitrogen and oxygen atoms in total. The zero-order valence-electron chi connectivity index (χ0n) is 24.5. The lowest BCUT2D eigenvalue weighted by Gasteiger charge is -2.35. The number of nitrogens with zero attached hydrogens (tertiary/aromatic N) is 5. The van der Waals surface area contributed by atoms with Crippen molar-refractivity contribution in [1.82, 2.24) is 15.0 Å². The molecule has 2 saturated carbocycles. The molecule has 41 heavy (non-hydrogen) atoms. The van der Waals surface area contributed by atoms with Crippen molar-refractivity contribution in [2.75, 3.05) is 6.54 Å². The van der Waals surface area contributed by atoms with E-state index in [4.69, 9.17) is 11.0 Å². The molecule has 3 aromatic heterocycles. The summed E-state index contributed by atoms with van der Waals surface area (Å²) in [7, 11) is 0. The van der Waals surface area contributed by atoms with Gasteiger partial charge in [0.05, 0.1) is 35.4 Å². The van der Waals surface area contributed by atoms with Crippen molar-refractivity contribution in [3.63, 3.8) is 0 Å². The highest BCUT2D eigenvalue weighted by atomic mass is 128. The molecule has 0 atom stereocenters. The Bertz CT molecular complexity index is 1120. The predicted molar refractivity (Wildman–Crippen MR) is 186 cm³/mol. The highest BCUT2D eigenvalue weighted by molar-refractivity contribution is 15.0. The van der Waals surface area contributed by atoms with E-state index < -0.39 is 0 Å². The number of halogens is 2. The Morgan fingerprint density at radius 2 is 1.20 bits per heavy atom. The fourth-order valence-electron chi connectivity index (χ4n) is 5.28. The van der Waals surface area contributed by atoms with Crippen molar-refractivity contribution in [3.8, 4) is 12.1 Å². The van der Waals surface area contributed by atoms with Crippen molar-refractivity contribution in [1.29, 1.82) is 10.5 Å². The van der Waals surface area contributed by atoms with Crippen LogP contribution in [-0.4, -0.2) is 21.5 Å². The monoisotopic (exact) mass is 778 g/mol. The van der Waals surface area contributed by atoms with E-state index in [2.05, 4.69) is 70.4 Å². The lowest BCUT2D eigenvalue weighted by Crippen LogP contribution is -2.37. The quantitative estimate of drug-likeness (QED) is 0.265. The topological polar surface area (TPSA) is 112 Å². The van der Waals surface area contributed by atoms with Crippen molar-refractivity contribution >= 4 is 37.2 Å². The highest BCUT2D eigenvalue weighted by Gasteiger charge is 2.35. The first-order valence-corrected chi connectivity index (χ1v) is 20.8. The van der Waals surface area contributed by atoms with E-state index >= 15 is 0 Å². The van der Waals surface area contributed by atoms with Crippen LogP contribution in [0.4, 0.5) is 0 Å². The van der Waals surface area contributed by atoms with Gasteiger partial charge in [-0.1, -0.05) is 70.6 Å². The number of pyridine rings is 3. The molecule has 220 valence electrons. The molecule has 2 N–H and O–H groups in total. The third-order valence-electron chi connectivity index (χ3n) is 7.47. The fourth-order valence-corrected chi connectivity index (χ4v) is 5.28. The fraction of sp³-hybridized carbons (Fsp3) is 0.485. The second kappa shape index (κ2) is 22.4. The molecule has 5 rings (SSSR count). The predicted octanol–water partition coefficient (Wildman–Crippen LogP) is 8.99. The Morgan fingerprint density at radius 1 is 0.707 bits per heavy atom. The molecule has 0 unspecified atom stereocenters. The minimum Gasteiger partial charge on any atom is -0.330 e. The summed E-state index contributed by atoms with van der Waals surface area (Å²) in [5, 5.41) is 17.5. The molecule has 0 aromatic carbocycles. The number of hydrogen-bond donors (Lipinski definition) is 1. The molecule has 0 saturated heterocycles. The molecular weight excluding hydrogens is 734 g/mol. The van der Waals surface area contributed by atoms with Crippen molar-refractivity contribution < 1.29 is 0 Å². The van der Waals surface area contributed by atoms with Gasteiger partial charge in [0, 0.05) is 73.5 Å². The summed E-state index contributed by atoms with van der Waals surface area (Å²) >= 11 is 4.24. The van der Waals surface area contributed by atoms with Gasteiger partial charge in [0.25, 0.3) is 0 Å². The summed E-state index contributed by atoms with van der Waals surface area (Å²) in [4.78, 5) is 12.7. The van der Waals surface area contributed by atoms with E-state index in [1.54, 1.807) is 12.4 Å². The van der Waals surface area contributed by atoms with Crippen molar-refractivity contribution in [2.24, 2.45) is 5.73 Å². The third-order valence-corrected chi connectivity index (χ3v) is 7.47. The molecule has 0 radical (unpaired) electrons. The maximum atomic E-state index is 9.30. The average molecular weight is 779 g/mol. The summed E-state index contributed by atoms with van der Waals surface area (Å²) in [6.07, 6.45) is 17.6. The summed E-state index contributed by atoms with van der Waals surface area (Å²) < 4.78 is 0. The van der Waals surface area contributed by atoms with Crippen LogP contribution in [0.1, 0.15) is 95.1 Å². The molecule has 2 aliphatic carbocycles. The number of nitriles is 2. The number of rotatable bonds is 4. The lowest BCUT2D eigenvalue weighted by molar-refractivity contribution is 0.293. The van der Waals surface area contributed by atoms with Crippen LogP contribution < -0.4 is 5.73 Å². The average Bonchev–Trinajstić information content (AvgIpc) is 3.09. The van der Waals surface area contributed by atoms with E-state index in [-0.39, 0.29) is 10.8 Å². The van der Waals surface area contributed by atoms with E-state index in [1.165, 1.54) is 44.2 Å². The van der Waals surface area contributed by atoms with Gasteiger partial charge in [-0.25, -0.2) is 0 Å². The van der Waals surface area contributed by atoms with Crippen LogP contribution in [0.25, 0.3) is 0 Å². The Kier molecular flexibility index (Phi) is 20.2. The second-order valence-electron chi connectivity index (χ2n) is 9.89. The van der Waals surface area contributed by atoms with E-state index in [1.807, 2.05) is 68.6 Å². The maximum Gasteiger partial charge on any atom is 0.0993 e. The van der Waals surface area contributed by atoms with Gasteiger partial charge in [0.15, 0.2) is 0 Å². The van der Waals surface area contributed by atoms with Gasteiger partial charge >= 0.3 is 0 Å². The molecule has 0 amide bonds. The molecule has 0 bridgehead atoms.